The molecule has 0 unspecified atom stereocenters. The predicted octanol–water partition coefficient (Wildman–Crippen LogP) is 1.73. The second-order valence-electron chi connectivity index (χ2n) is 6.30. The van der Waals surface area contributed by atoms with E-state index >= 15 is 0 Å². The molecular formula is C17H15N2O3S-. The number of aryl methyl sites for hydroxylation is 1. The molecule has 0 saturated heterocycles. The highest BCUT2D eigenvalue weighted by molar-refractivity contribution is 7.22. The number of fused-ring (bicyclic) bond motifs is 3. The van der Waals surface area contributed by atoms with Crippen molar-refractivity contribution in [1.29, 1.82) is 0 Å². The SMILES string of the molecule is Cc1ccc2nc(NC(=O)[C@@H]3[C@@H](C(=O)[O-])[C@H]4C=C[C@@H]3C4)sc2c1. The molecule has 2 bridgehead atoms. The molecule has 118 valence electrons. The molecule has 23 heavy (non-hydrogen) atoms. The maximum atomic E-state index is 12.6. The van der Waals surface area contributed by atoms with E-state index in [1.54, 1.807) is 0 Å². The van der Waals surface area contributed by atoms with E-state index < -0.39 is 17.8 Å². The molecule has 4 rings (SSSR count). The zero-order valence-electron chi connectivity index (χ0n) is 12.5. The van der Waals surface area contributed by atoms with Gasteiger partial charge in [0.2, 0.25) is 5.91 Å². The highest BCUT2D eigenvalue weighted by Crippen LogP contribution is 2.48. The van der Waals surface area contributed by atoms with Crippen molar-refractivity contribution in [3.63, 3.8) is 0 Å². The molecule has 1 amide bonds. The number of carboxylic acids is 1. The molecule has 1 aromatic heterocycles. The number of allylic oxidation sites excluding steroid dienone is 2. The van der Waals surface area contributed by atoms with Gasteiger partial charge in [0.1, 0.15) is 0 Å². The number of carboxylic acid groups (broad SMARTS) is 1. The summed E-state index contributed by atoms with van der Waals surface area (Å²) in [5.74, 6) is -2.81. The van der Waals surface area contributed by atoms with Crippen LogP contribution >= 0.6 is 11.3 Å². The number of thiazole rings is 1. The third-order valence-electron chi connectivity index (χ3n) is 4.81. The monoisotopic (exact) mass is 327 g/mol. The Bertz CT molecular complexity index is 841. The normalized spacial score (nSPS) is 28.4. The lowest BCUT2D eigenvalue weighted by Gasteiger charge is -2.27. The first-order valence-corrected chi connectivity index (χ1v) is 8.42. The Morgan fingerprint density at radius 2 is 2.00 bits per heavy atom. The fourth-order valence-electron chi connectivity index (χ4n) is 3.78. The molecule has 0 radical (unpaired) electrons. The van der Waals surface area contributed by atoms with Crippen LogP contribution in [0.25, 0.3) is 10.2 Å². The Kier molecular flexibility index (Phi) is 3.23. The molecule has 0 spiro atoms. The molecule has 1 saturated carbocycles. The Labute approximate surface area is 137 Å². The van der Waals surface area contributed by atoms with Gasteiger partial charge in [-0.2, -0.15) is 0 Å². The summed E-state index contributed by atoms with van der Waals surface area (Å²) in [6, 6.07) is 5.91. The van der Waals surface area contributed by atoms with E-state index in [0.29, 0.717) is 5.13 Å². The van der Waals surface area contributed by atoms with E-state index in [4.69, 9.17) is 0 Å². The molecule has 2 aromatic rings. The summed E-state index contributed by atoms with van der Waals surface area (Å²) < 4.78 is 1.00. The molecule has 2 aliphatic carbocycles. The Balaban J connectivity index is 1.59. The predicted molar refractivity (Wildman–Crippen MR) is 85.7 cm³/mol. The summed E-state index contributed by atoms with van der Waals surface area (Å²) >= 11 is 1.40. The van der Waals surface area contributed by atoms with Gasteiger partial charge in [0.25, 0.3) is 0 Å². The van der Waals surface area contributed by atoms with Crippen LogP contribution in [0.3, 0.4) is 0 Å². The molecule has 1 fully saturated rings. The molecule has 1 N–H and O–H groups in total. The number of benzene rings is 1. The van der Waals surface area contributed by atoms with Crippen molar-refractivity contribution < 1.29 is 14.7 Å². The topological polar surface area (TPSA) is 82.1 Å². The minimum atomic E-state index is -1.14. The number of aromatic nitrogens is 1. The van der Waals surface area contributed by atoms with Crippen molar-refractivity contribution in [2.24, 2.45) is 23.7 Å². The lowest BCUT2D eigenvalue weighted by molar-refractivity contribution is -0.313. The highest BCUT2D eigenvalue weighted by atomic mass is 32.1. The van der Waals surface area contributed by atoms with Gasteiger partial charge in [0.15, 0.2) is 5.13 Å². The maximum Gasteiger partial charge on any atom is 0.230 e. The minimum Gasteiger partial charge on any atom is -0.550 e. The highest BCUT2D eigenvalue weighted by Gasteiger charge is 2.48. The van der Waals surface area contributed by atoms with Gasteiger partial charge in [0.05, 0.1) is 16.1 Å². The molecule has 1 heterocycles. The summed E-state index contributed by atoms with van der Waals surface area (Å²) in [6.07, 6.45) is 4.57. The van der Waals surface area contributed by atoms with E-state index in [1.807, 2.05) is 37.3 Å². The molecule has 4 atom stereocenters. The number of carbonyl (C=O) groups is 2. The smallest absolute Gasteiger partial charge is 0.230 e. The Morgan fingerprint density at radius 1 is 1.26 bits per heavy atom. The van der Waals surface area contributed by atoms with Crippen LogP contribution in [0.4, 0.5) is 5.13 Å². The van der Waals surface area contributed by atoms with Gasteiger partial charge >= 0.3 is 0 Å². The first-order valence-electron chi connectivity index (χ1n) is 7.60. The van der Waals surface area contributed by atoms with Gasteiger partial charge in [-0.3, -0.25) is 4.79 Å². The van der Waals surface area contributed by atoms with Crippen LogP contribution < -0.4 is 10.4 Å². The average molecular weight is 327 g/mol. The van der Waals surface area contributed by atoms with Crippen molar-refractivity contribution >= 4 is 38.6 Å². The van der Waals surface area contributed by atoms with Crippen LogP contribution in [0.2, 0.25) is 0 Å². The summed E-state index contributed by atoms with van der Waals surface area (Å²) in [4.78, 5) is 28.4. The number of carbonyl (C=O) groups excluding carboxylic acids is 2. The van der Waals surface area contributed by atoms with E-state index in [1.165, 1.54) is 11.3 Å². The lowest BCUT2D eigenvalue weighted by atomic mass is 9.82. The number of nitrogens with one attached hydrogen (secondary N) is 1. The summed E-state index contributed by atoms with van der Waals surface area (Å²) in [5.41, 5.74) is 1.97. The van der Waals surface area contributed by atoms with Crippen LogP contribution in [0.15, 0.2) is 30.4 Å². The third-order valence-corrected chi connectivity index (χ3v) is 5.74. The second-order valence-corrected chi connectivity index (χ2v) is 7.33. The van der Waals surface area contributed by atoms with Gasteiger partial charge in [-0.25, -0.2) is 4.98 Å². The first kappa shape index (κ1) is 14.4. The number of hydrogen-bond donors (Lipinski definition) is 1. The number of hydrogen-bond acceptors (Lipinski definition) is 5. The van der Waals surface area contributed by atoms with Crippen LogP contribution in [-0.4, -0.2) is 16.9 Å². The summed E-state index contributed by atoms with van der Waals surface area (Å²) in [5, 5.41) is 14.7. The number of anilines is 1. The van der Waals surface area contributed by atoms with Gasteiger partial charge in [0, 0.05) is 11.9 Å². The number of nitrogens with zero attached hydrogens (tertiary/aromatic N) is 1. The largest absolute Gasteiger partial charge is 0.550 e. The fraction of sp³-hybridized carbons (Fsp3) is 0.353. The third kappa shape index (κ3) is 2.34. The molecule has 1 aromatic carbocycles. The summed E-state index contributed by atoms with van der Waals surface area (Å²) in [6.45, 7) is 2.00. The quantitative estimate of drug-likeness (QED) is 0.871. The average Bonchev–Trinajstić information content (AvgIpc) is 3.18. The van der Waals surface area contributed by atoms with Crippen LogP contribution in [-0.2, 0) is 9.59 Å². The van der Waals surface area contributed by atoms with Crippen molar-refractivity contribution in [2.75, 3.05) is 5.32 Å². The molecule has 2 aliphatic rings. The minimum absolute atomic E-state index is 0.0143. The Morgan fingerprint density at radius 3 is 2.74 bits per heavy atom. The zero-order valence-corrected chi connectivity index (χ0v) is 13.3. The van der Waals surface area contributed by atoms with E-state index in [2.05, 4.69) is 10.3 Å². The lowest BCUT2D eigenvalue weighted by Crippen LogP contribution is -2.42. The van der Waals surface area contributed by atoms with Gasteiger partial charge in [-0.1, -0.05) is 29.6 Å². The van der Waals surface area contributed by atoms with E-state index in [0.717, 1.165) is 22.2 Å². The number of amides is 1. The van der Waals surface area contributed by atoms with Crippen LogP contribution in [0.1, 0.15) is 12.0 Å². The van der Waals surface area contributed by atoms with Gasteiger partial charge < -0.3 is 15.2 Å². The van der Waals surface area contributed by atoms with Crippen molar-refractivity contribution in [3.05, 3.63) is 35.9 Å². The van der Waals surface area contributed by atoms with Gasteiger partial charge in [-0.05, 0) is 42.9 Å². The zero-order chi connectivity index (χ0) is 16.1. The van der Waals surface area contributed by atoms with Crippen molar-refractivity contribution in [3.8, 4) is 0 Å². The number of rotatable bonds is 3. The van der Waals surface area contributed by atoms with E-state index in [-0.39, 0.29) is 17.7 Å². The first-order chi connectivity index (χ1) is 11.0. The maximum absolute atomic E-state index is 12.6. The standard InChI is InChI=1S/C17H16N2O3S/c1-8-2-5-11-12(6-8)23-17(18-11)19-15(20)13-9-3-4-10(7-9)14(13)16(21)22/h2-6,9-10,13-14H,7H2,1H3,(H,21,22)(H,18,19,20)/p-1/t9-,10+,13+,14+/m1/s1. The van der Waals surface area contributed by atoms with Crippen molar-refractivity contribution in [1.82, 2.24) is 4.98 Å². The Hall–Kier alpha value is -2.21. The van der Waals surface area contributed by atoms with Crippen LogP contribution in [0, 0.1) is 30.6 Å². The number of aliphatic carboxylic acids is 1. The molecule has 6 heteroatoms. The second kappa shape index (κ2) is 5.16. The molecule has 0 aliphatic heterocycles. The van der Waals surface area contributed by atoms with Crippen molar-refractivity contribution in [2.45, 2.75) is 13.3 Å². The fourth-order valence-corrected chi connectivity index (χ4v) is 4.74. The van der Waals surface area contributed by atoms with E-state index in [9.17, 15) is 14.7 Å². The van der Waals surface area contributed by atoms with Gasteiger partial charge in [-0.15, -0.1) is 0 Å². The molecular weight excluding hydrogens is 312 g/mol. The molecule has 5 nitrogen and oxygen atoms in total. The summed E-state index contributed by atoms with van der Waals surface area (Å²) in [7, 11) is 0. The van der Waals surface area contributed by atoms with Crippen LogP contribution in [0.5, 0.6) is 0 Å².